The third kappa shape index (κ3) is 2.70. The van der Waals surface area contributed by atoms with Gasteiger partial charge in [-0.1, -0.05) is 34.2 Å². The molecule has 0 radical (unpaired) electrons. The molecule has 2 rings (SSSR count). The van der Waals surface area contributed by atoms with Gasteiger partial charge < -0.3 is 4.74 Å². The van der Waals surface area contributed by atoms with Gasteiger partial charge in [-0.15, -0.1) is 10.2 Å². The van der Waals surface area contributed by atoms with Crippen LogP contribution in [0.5, 0.6) is 5.75 Å². The highest BCUT2D eigenvalue weighted by Crippen LogP contribution is 2.34. The first-order valence-electron chi connectivity index (χ1n) is 5.47. The fourth-order valence-corrected chi connectivity index (χ4v) is 2.72. The SMILES string of the molecule is CCC(Br)c1nnc(-c2ccc(F)c(OC)c2)s1. The second-order valence-electron chi connectivity index (χ2n) is 3.67. The molecule has 0 aliphatic carbocycles. The van der Waals surface area contributed by atoms with Gasteiger partial charge in [0.15, 0.2) is 11.6 Å². The summed E-state index contributed by atoms with van der Waals surface area (Å²) in [6.07, 6.45) is 0.946. The fourth-order valence-electron chi connectivity index (χ4n) is 1.45. The van der Waals surface area contributed by atoms with Crippen molar-refractivity contribution in [1.82, 2.24) is 10.2 Å². The van der Waals surface area contributed by atoms with Gasteiger partial charge in [0.25, 0.3) is 0 Å². The number of hydrogen-bond acceptors (Lipinski definition) is 4. The zero-order valence-corrected chi connectivity index (χ0v) is 12.4. The number of hydrogen-bond donors (Lipinski definition) is 0. The molecule has 0 spiro atoms. The zero-order chi connectivity index (χ0) is 13.1. The number of alkyl halides is 1. The van der Waals surface area contributed by atoms with Crippen LogP contribution in [0.2, 0.25) is 0 Å². The largest absolute Gasteiger partial charge is 0.494 e. The zero-order valence-electron chi connectivity index (χ0n) is 9.98. The summed E-state index contributed by atoms with van der Waals surface area (Å²) in [5.41, 5.74) is 0.813. The Kier molecular flexibility index (Phi) is 4.29. The van der Waals surface area contributed by atoms with Crippen molar-refractivity contribution < 1.29 is 9.13 Å². The Morgan fingerprint density at radius 2 is 2.22 bits per heavy atom. The number of rotatable bonds is 4. The summed E-state index contributed by atoms with van der Waals surface area (Å²) in [4.78, 5) is 0.214. The summed E-state index contributed by atoms with van der Waals surface area (Å²) < 4.78 is 18.3. The molecular weight excluding hydrogens is 319 g/mol. The van der Waals surface area contributed by atoms with E-state index in [0.29, 0.717) is 0 Å². The van der Waals surface area contributed by atoms with E-state index in [4.69, 9.17) is 4.74 Å². The van der Waals surface area contributed by atoms with Crippen molar-refractivity contribution in [3.8, 4) is 16.3 Å². The van der Waals surface area contributed by atoms with Gasteiger partial charge in [-0.05, 0) is 24.6 Å². The van der Waals surface area contributed by atoms with E-state index in [0.717, 1.165) is 22.0 Å². The van der Waals surface area contributed by atoms with Gasteiger partial charge >= 0.3 is 0 Å². The van der Waals surface area contributed by atoms with Crippen LogP contribution in [0.4, 0.5) is 4.39 Å². The van der Waals surface area contributed by atoms with E-state index in [1.165, 1.54) is 24.5 Å². The number of ether oxygens (including phenoxy) is 1. The van der Waals surface area contributed by atoms with Crippen LogP contribution in [0.3, 0.4) is 0 Å². The Hall–Kier alpha value is -1.01. The molecule has 1 unspecified atom stereocenters. The number of aromatic nitrogens is 2. The molecule has 1 aromatic carbocycles. The molecule has 6 heteroatoms. The van der Waals surface area contributed by atoms with Crippen LogP contribution in [-0.4, -0.2) is 17.3 Å². The summed E-state index contributed by atoms with van der Waals surface area (Å²) >= 11 is 5.03. The summed E-state index contributed by atoms with van der Waals surface area (Å²) in [5.74, 6) is -0.159. The number of halogens is 2. The summed E-state index contributed by atoms with van der Waals surface area (Å²) in [5, 5.41) is 9.94. The summed E-state index contributed by atoms with van der Waals surface area (Å²) in [6, 6.07) is 4.69. The lowest BCUT2D eigenvalue weighted by atomic mass is 10.2. The Morgan fingerprint density at radius 1 is 1.44 bits per heavy atom. The highest BCUT2D eigenvalue weighted by atomic mass is 79.9. The first kappa shape index (κ1) is 13.4. The summed E-state index contributed by atoms with van der Waals surface area (Å²) in [7, 11) is 1.44. The number of benzene rings is 1. The minimum Gasteiger partial charge on any atom is -0.494 e. The van der Waals surface area contributed by atoms with Crippen LogP contribution >= 0.6 is 27.3 Å². The van der Waals surface area contributed by atoms with Gasteiger partial charge in [0.2, 0.25) is 0 Å². The lowest BCUT2D eigenvalue weighted by molar-refractivity contribution is 0.387. The van der Waals surface area contributed by atoms with E-state index in [2.05, 4.69) is 33.1 Å². The maximum absolute atomic E-state index is 13.3. The number of methoxy groups -OCH3 is 1. The van der Waals surface area contributed by atoms with Crippen LogP contribution in [0, 0.1) is 5.82 Å². The van der Waals surface area contributed by atoms with E-state index < -0.39 is 0 Å². The topological polar surface area (TPSA) is 35.0 Å². The minimum atomic E-state index is -0.377. The van der Waals surface area contributed by atoms with Gasteiger partial charge in [-0.3, -0.25) is 0 Å². The first-order valence-corrected chi connectivity index (χ1v) is 7.20. The third-order valence-electron chi connectivity index (χ3n) is 2.47. The van der Waals surface area contributed by atoms with Crippen molar-refractivity contribution in [2.24, 2.45) is 0 Å². The second kappa shape index (κ2) is 5.75. The minimum absolute atomic E-state index is 0.214. The molecule has 1 heterocycles. The van der Waals surface area contributed by atoms with E-state index in [1.807, 2.05) is 0 Å². The average molecular weight is 331 g/mol. The van der Waals surface area contributed by atoms with Crippen LogP contribution in [0.25, 0.3) is 10.6 Å². The Labute approximate surface area is 117 Å². The maximum atomic E-state index is 13.3. The quantitative estimate of drug-likeness (QED) is 0.788. The van der Waals surface area contributed by atoms with Crippen LogP contribution in [-0.2, 0) is 0 Å². The Morgan fingerprint density at radius 3 is 2.89 bits per heavy atom. The van der Waals surface area contributed by atoms with Crippen molar-refractivity contribution in [2.75, 3.05) is 7.11 Å². The molecule has 0 aliphatic rings. The normalized spacial score (nSPS) is 12.4. The molecule has 0 bridgehead atoms. The van der Waals surface area contributed by atoms with Crippen molar-refractivity contribution in [2.45, 2.75) is 18.2 Å². The molecule has 1 aromatic heterocycles. The second-order valence-corrected chi connectivity index (χ2v) is 5.78. The van der Waals surface area contributed by atoms with E-state index in [1.54, 1.807) is 12.1 Å². The monoisotopic (exact) mass is 330 g/mol. The van der Waals surface area contributed by atoms with Gasteiger partial charge in [-0.25, -0.2) is 4.39 Å². The molecule has 0 saturated heterocycles. The fraction of sp³-hybridized carbons (Fsp3) is 0.333. The van der Waals surface area contributed by atoms with E-state index in [9.17, 15) is 4.39 Å². The van der Waals surface area contributed by atoms with Crippen LogP contribution < -0.4 is 4.74 Å². The van der Waals surface area contributed by atoms with Gasteiger partial charge in [0, 0.05) is 5.56 Å². The molecule has 0 fully saturated rings. The average Bonchev–Trinajstić information content (AvgIpc) is 2.88. The molecule has 96 valence electrons. The van der Waals surface area contributed by atoms with Crippen molar-refractivity contribution in [1.29, 1.82) is 0 Å². The molecular formula is C12H12BrFN2OS. The lowest BCUT2D eigenvalue weighted by Gasteiger charge is -2.03. The van der Waals surface area contributed by atoms with Crippen molar-refractivity contribution in [3.63, 3.8) is 0 Å². The molecule has 0 saturated carbocycles. The van der Waals surface area contributed by atoms with E-state index >= 15 is 0 Å². The van der Waals surface area contributed by atoms with Gasteiger partial charge in [0.05, 0.1) is 11.9 Å². The van der Waals surface area contributed by atoms with Crippen molar-refractivity contribution >= 4 is 27.3 Å². The molecule has 0 amide bonds. The molecule has 0 N–H and O–H groups in total. The predicted molar refractivity (Wildman–Crippen MR) is 73.8 cm³/mol. The van der Waals surface area contributed by atoms with Gasteiger partial charge in [-0.2, -0.15) is 0 Å². The highest BCUT2D eigenvalue weighted by Gasteiger charge is 2.14. The number of nitrogens with zero attached hydrogens (tertiary/aromatic N) is 2. The molecule has 1 atom stereocenters. The molecule has 2 aromatic rings. The maximum Gasteiger partial charge on any atom is 0.165 e. The molecule has 18 heavy (non-hydrogen) atoms. The molecule has 3 nitrogen and oxygen atoms in total. The van der Waals surface area contributed by atoms with E-state index in [-0.39, 0.29) is 16.4 Å². The predicted octanol–water partition coefficient (Wildman–Crippen LogP) is 4.20. The molecule has 0 aliphatic heterocycles. The van der Waals surface area contributed by atoms with Crippen LogP contribution in [0.1, 0.15) is 23.2 Å². The lowest BCUT2D eigenvalue weighted by Crippen LogP contribution is -1.88. The van der Waals surface area contributed by atoms with Crippen LogP contribution in [0.15, 0.2) is 18.2 Å². The third-order valence-corrected chi connectivity index (χ3v) is 4.94. The highest BCUT2D eigenvalue weighted by molar-refractivity contribution is 9.09. The Balaban J connectivity index is 2.34. The summed E-state index contributed by atoms with van der Waals surface area (Å²) in [6.45, 7) is 2.07. The van der Waals surface area contributed by atoms with Gasteiger partial charge in [0.1, 0.15) is 10.0 Å². The van der Waals surface area contributed by atoms with Crippen molar-refractivity contribution in [3.05, 3.63) is 29.0 Å². The standard InChI is InChI=1S/C12H12BrFN2OS/c1-3-8(13)12-16-15-11(18-12)7-4-5-9(14)10(6-7)17-2/h4-6,8H,3H2,1-2H3. The smallest absolute Gasteiger partial charge is 0.165 e. The Bertz CT molecular complexity index is 547. The first-order chi connectivity index (χ1) is 8.65.